The van der Waals surface area contributed by atoms with Crippen LogP contribution < -0.4 is 0 Å². The van der Waals surface area contributed by atoms with Crippen molar-refractivity contribution in [2.45, 2.75) is 31.6 Å². The topological polar surface area (TPSA) is 0 Å². The first-order valence-electron chi connectivity index (χ1n) is 6.80. The lowest BCUT2D eigenvalue weighted by Gasteiger charge is -2.13. The minimum Gasteiger partial charge on any atom is -0.206 e. The molecule has 2 rings (SSSR count). The van der Waals surface area contributed by atoms with Crippen molar-refractivity contribution in [1.82, 2.24) is 0 Å². The lowest BCUT2D eigenvalue weighted by atomic mass is 10.0. The molecule has 0 radical (unpaired) electrons. The van der Waals surface area contributed by atoms with Crippen molar-refractivity contribution in [3.63, 3.8) is 0 Å². The Kier molecular flexibility index (Phi) is 5.62. The van der Waals surface area contributed by atoms with E-state index < -0.39 is 0 Å². The van der Waals surface area contributed by atoms with Gasteiger partial charge in [-0.15, -0.1) is 11.6 Å². The van der Waals surface area contributed by atoms with E-state index in [1.54, 1.807) is 6.07 Å². The highest BCUT2D eigenvalue weighted by molar-refractivity contribution is 9.10. The molecule has 0 nitrogen and oxygen atoms in total. The predicted octanol–water partition coefficient (Wildman–Crippen LogP) is 6.26. The standard InChI is InChI=1S/C17H17BrClF/c1-2-3-5-12-8-10-13(11-9-12)17(19)14-6-4-7-15(20)16(14)18/h4,6-11,17H,2-3,5H2,1H3. The van der Waals surface area contributed by atoms with E-state index in [2.05, 4.69) is 35.0 Å². The normalized spacial score (nSPS) is 12.4. The largest absolute Gasteiger partial charge is 0.206 e. The zero-order chi connectivity index (χ0) is 14.5. The molecule has 0 amide bonds. The highest BCUT2D eigenvalue weighted by Crippen LogP contribution is 2.35. The van der Waals surface area contributed by atoms with E-state index in [0.717, 1.165) is 17.5 Å². The van der Waals surface area contributed by atoms with Gasteiger partial charge in [0.05, 0.1) is 9.85 Å². The summed E-state index contributed by atoms with van der Waals surface area (Å²) in [4.78, 5) is 0. The SMILES string of the molecule is CCCCc1ccc(C(Cl)c2cccc(F)c2Br)cc1. The third kappa shape index (κ3) is 3.62. The Bertz CT molecular complexity index is 566. The van der Waals surface area contributed by atoms with Gasteiger partial charge >= 0.3 is 0 Å². The molecule has 0 bridgehead atoms. The van der Waals surface area contributed by atoms with Crippen LogP contribution in [0, 0.1) is 5.82 Å². The summed E-state index contributed by atoms with van der Waals surface area (Å²) < 4.78 is 14.0. The highest BCUT2D eigenvalue weighted by Gasteiger charge is 2.16. The number of benzene rings is 2. The summed E-state index contributed by atoms with van der Waals surface area (Å²) in [5, 5.41) is -0.347. The van der Waals surface area contributed by atoms with Crippen LogP contribution in [0.1, 0.15) is 41.8 Å². The molecule has 2 aromatic carbocycles. The zero-order valence-corrected chi connectivity index (χ0v) is 13.7. The maximum Gasteiger partial charge on any atom is 0.137 e. The molecule has 1 unspecified atom stereocenters. The summed E-state index contributed by atoms with van der Waals surface area (Å²) in [6.45, 7) is 2.19. The third-order valence-electron chi connectivity index (χ3n) is 3.35. The molecule has 0 saturated carbocycles. The van der Waals surface area contributed by atoms with Gasteiger partial charge in [0.25, 0.3) is 0 Å². The Balaban J connectivity index is 2.20. The molecular weight excluding hydrogens is 339 g/mol. The number of unbranched alkanes of at least 4 members (excludes halogenated alkanes) is 1. The van der Waals surface area contributed by atoms with Gasteiger partial charge in [-0.3, -0.25) is 0 Å². The van der Waals surface area contributed by atoms with E-state index in [1.165, 1.54) is 24.5 Å². The molecule has 0 aliphatic rings. The molecular formula is C17H17BrClF. The van der Waals surface area contributed by atoms with Gasteiger partial charge in [0, 0.05) is 0 Å². The minimum absolute atomic E-state index is 0.285. The van der Waals surface area contributed by atoms with Gasteiger partial charge in [-0.1, -0.05) is 49.7 Å². The summed E-state index contributed by atoms with van der Waals surface area (Å²) in [5.41, 5.74) is 3.06. The van der Waals surface area contributed by atoms with E-state index in [9.17, 15) is 4.39 Å². The summed E-state index contributed by atoms with van der Waals surface area (Å²) in [5.74, 6) is -0.285. The van der Waals surface area contributed by atoms with E-state index in [1.807, 2.05) is 18.2 Å². The summed E-state index contributed by atoms with van der Waals surface area (Å²) >= 11 is 9.74. The highest BCUT2D eigenvalue weighted by atomic mass is 79.9. The van der Waals surface area contributed by atoms with Gasteiger partial charge in [0.15, 0.2) is 0 Å². The monoisotopic (exact) mass is 354 g/mol. The smallest absolute Gasteiger partial charge is 0.137 e. The molecule has 106 valence electrons. The van der Waals surface area contributed by atoms with Crippen LogP contribution in [0.25, 0.3) is 0 Å². The first-order chi connectivity index (χ1) is 9.63. The van der Waals surface area contributed by atoms with E-state index in [-0.39, 0.29) is 11.2 Å². The molecule has 0 heterocycles. The lowest BCUT2D eigenvalue weighted by Crippen LogP contribution is -1.97. The van der Waals surface area contributed by atoms with Crippen molar-refractivity contribution in [3.8, 4) is 0 Å². The van der Waals surface area contributed by atoms with E-state index >= 15 is 0 Å². The zero-order valence-electron chi connectivity index (χ0n) is 11.4. The molecule has 1 atom stereocenters. The van der Waals surface area contributed by atoms with Gasteiger partial charge in [0.1, 0.15) is 5.82 Å². The molecule has 0 aromatic heterocycles. The summed E-state index contributed by atoms with van der Waals surface area (Å²) in [6, 6.07) is 13.2. The van der Waals surface area contributed by atoms with Gasteiger partial charge in [-0.25, -0.2) is 4.39 Å². The second-order valence-corrected chi connectivity index (χ2v) is 6.08. The quantitative estimate of drug-likeness (QED) is 0.555. The molecule has 3 heteroatoms. The van der Waals surface area contributed by atoms with Crippen molar-refractivity contribution in [1.29, 1.82) is 0 Å². The van der Waals surface area contributed by atoms with Crippen molar-refractivity contribution < 1.29 is 4.39 Å². The molecule has 0 spiro atoms. The van der Waals surface area contributed by atoms with Crippen LogP contribution in [0.15, 0.2) is 46.9 Å². The third-order valence-corrected chi connectivity index (χ3v) is 4.67. The second-order valence-electron chi connectivity index (χ2n) is 4.85. The Labute approximate surface area is 133 Å². The minimum atomic E-state index is -0.347. The van der Waals surface area contributed by atoms with Crippen LogP contribution in [-0.2, 0) is 6.42 Å². The fourth-order valence-electron chi connectivity index (χ4n) is 2.13. The second kappa shape index (κ2) is 7.24. The first-order valence-corrected chi connectivity index (χ1v) is 8.03. The average Bonchev–Trinajstić information content (AvgIpc) is 2.48. The Hall–Kier alpha value is -0.860. The number of aryl methyl sites for hydroxylation is 1. The van der Waals surface area contributed by atoms with Crippen molar-refractivity contribution in [3.05, 3.63) is 69.4 Å². The van der Waals surface area contributed by atoms with Crippen LogP contribution in [0.3, 0.4) is 0 Å². The average molecular weight is 356 g/mol. The fourth-order valence-corrected chi connectivity index (χ4v) is 3.08. The lowest BCUT2D eigenvalue weighted by molar-refractivity contribution is 0.618. The molecule has 0 fully saturated rings. The van der Waals surface area contributed by atoms with Crippen molar-refractivity contribution >= 4 is 27.5 Å². The molecule has 0 N–H and O–H groups in total. The Morgan fingerprint density at radius 2 is 1.85 bits per heavy atom. The first kappa shape index (κ1) is 15.5. The van der Waals surface area contributed by atoms with Crippen LogP contribution in [0.5, 0.6) is 0 Å². The van der Waals surface area contributed by atoms with Crippen LogP contribution in [-0.4, -0.2) is 0 Å². The van der Waals surface area contributed by atoms with Gasteiger partial charge in [-0.05, 0) is 51.5 Å². The van der Waals surface area contributed by atoms with Gasteiger partial charge in [-0.2, -0.15) is 0 Å². The molecule has 0 aliphatic heterocycles. The number of hydrogen-bond acceptors (Lipinski definition) is 0. The fraction of sp³-hybridized carbons (Fsp3) is 0.294. The Morgan fingerprint density at radius 1 is 1.15 bits per heavy atom. The summed E-state index contributed by atoms with van der Waals surface area (Å²) in [7, 11) is 0. The van der Waals surface area contributed by atoms with Gasteiger partial charge < -0.3 is 0 Å². The predicted molar refractivity (Wildman–Crippen MR) is 86.9 cm³/mol. The summed E-state index contributed by atoms with van der Waals surface area (Å²) in [6.07, 6.45) is 3.47. The van der Waals surface area contributed by atoms with Gasteiger partial charge in [0.2, 0.25) is 0 Å². The van der Waals surface area contributed by atoms with Crippen LogP contribution in [0.2, 0.25) is 0 Å². The van der Waals surface area contributed by atoms with Crippen LogP contribution in [0.4, 0.5) is 4.39 Å². The van der Waals surface area contributed by atoms with E-state index in [0.29, 0.717) is 4.47 Å². The van der Waals surface area contributed by atoms with Crippen LogP contribution >= 0.6 is 27.5 Å². The maximum absolute atomic E-state index is 13.6. The van der Waals surface area contributed by atoms with Crippen molar-refractivity contribution in [2.24, 2.45) is 0 Å². The molecule has 20 heavy (non-hydrogen) atoms. The van der Waals surface area contributed by atoms with E-state index in [4.69, 9.17) is 11.6 Å². The number of rotatable bonds is 5. The molecule has 0 saturated heterocycles. The van der Waals surface area contributed by atoms with Crippen molar-refractivity contribution in [2.75, 3.05) is 0 Å². The number of alkyl halides is 1. The molecule has 0 aliphatic carbocycles. The molecule has 2 aromatic rings. The number of halogens is 3. The number of hydrogen-bond donors (Lipinski definition) is 0. The maximum atomic E-state index is 13.6. The Morgan fingerprint density at radius 3 is 2.50 bits per heavy atom.